The number of thiophene rings is 1. The van der Waals surface area contributed by atoms with Crippen molar-refractivity contribution >= 4 is 11.3 Å². The van der Waals surface area contributed by atoms with Crippen LogP contribution in [0.3, 0.4) is 0 Å². The Kier molecular flexibility index (Phi) is 6.57. The molecule has 1 unspecified atom stereocenters. The molecule has 0 amide bonds. The first kappa shape index (κ1) is 16.0. The van der Waals surface area contributed by atoms with E-state index < -0.39 is 0 Å². The molecule has 2 heteroatoms. The highest BCUT2D eigenvalue weighted by Crippen LogP contribution is 2.40. The largest absolute Gasteiger partial charge is 0.310 e. The fraction of sp³-hybridized carbons (Fsp3) is 0.778. The summed E-state index contributed by atoms with van der Waals surface area (Å²) in [6.07, 6.45) is 9.99. The van der Waals surface area contributed by atoms with Gasteiger partial charge in [0.1, 0.15) is 0 Å². The topological polar surface area (TPSA) is 12.0 Å². The van der Waals surface area contributed by atoms with Crippen molar-refractivity contribution in [3.8, 4) is 0 Å². The third kappa shape index (κ3) is 4.08. The third-order valence-electron chi connectivity index (χ3n) is 4.99. The maximum atomic E-state index is 3.76. The molecule has 0 bridgehead atoms. The second-order valence-electron chi connectivity index (χ2n) is 6.39. The molecule has 1 saturated carbocycles. The van der Waals surface area contributed by atoms with Gasteiger partial charge >= 0.3 is 0 Å². The summed E-state index contributed by atoms with van der Waals surface area (Å²) >= 11 is 1.89. The van der Waals surface area contributed by atoms with Crippen LogP contribution in [-0.4, -0.2) is 6.54 Å². The smallest absolute Gasteiger partial charge is 0.0359 e. The molecule has 1 nitrogen and oxygen atoms in total. The molecule has 20 heavy (non-hydrogen) atoms. The summed E-state index contributed by atoms with van der Waals surface area (Å²) in [5, 5.41) is 6.01. The van der Waals surface area contributed by atoms with E-state index in [1.807, 2.05) is 11.3 Å². The molecule has 1 aromatic heterocycles. The van der Waals surface area contributed by atoms with Crippen molar-refractivity contribution in [2.75, 3.05) is 6.54 Å². The van der Waals surface area contributed by atoms with Gasteiger partial charge in [-0.25, -0.2) is 0 Å². The molecule has 1 aliphatic rings. The summed E-state index contributed by atoms with van der Waals surface area (Å²) in [7, 11) is 0. The van der Waals surface area contributed by atoms with Gasteiger partial charge in [0.2, 0.25) is 0 Å². The molecular formula is C18H31NS. The van der Waals surface area contributed by atoms with E-state index >= 15 is 0 Å². The third-order valence-corrected chi connectivity index (χ3v) is 5.85. The van der Waals surface area contributed by atoms with Gasteiger partial charge in [-0.3, -0.25) is 0 Å². The summed E-state index contributed by atoms with van der Waals surface area (Å²) < 4.78 is 0. The number of nitrogens with one attached hydrogen (secondary N) is 1. The number of aryl methyl sites for hydroxylation is 1. The molecule has 0 aromatic carbocycles. The molecule has 114 valence electrons. The standard InChI is InChI=1S/C18H31NS/c1-4-6-7-15-8-10-16(11-9-15)18(19-5-2)17-12-13-20-14(17)3/h12-13,15-16,18-19H,4-11H2,1-3H3. The highest BCUT2D eigenvalue weighted by molar-refractivity contribution is 7.10. The average molecular weight is 294 g/mol. The SMILES string of the molecule is CCCCC1CCC(C(NCC)c2ccsc2C)CC1. The van der Waals surface area contributed by atoms with Gasteiger partial charge in [-0.15, -0.1) is 11.3 Å². The fourth-order valence-electron chi connectivity index (χ4n) is 3.77. The molecule has 1 atom stereocenters. The zero-order valence-electron chi connectivity index (χ0n) is 13.5. The summed E-state index contributed by atoms with van der Waals surface area (Å²) in [6.45, 7) is 7.90. The van der Waals surface area contributed by atoms with Crippen LogP contribution >= 0.6 is 11.3 Å². The van der Waals surface area contributed by atoms with Gasteiger partial charge in [0.25, 0.3) is 0 Å². The maximum absolute atomic E-state index is 3.76. The van der Waals surface area contributed by atoms with Gasteiger partial charge in [0, 0.05) is 10.9 Å². The van der Waals surface area contributed by atoms with Gasteiger partial charge in [0.05, 0.1) is 0 Å². The van der Waals surface area contributed by atoms with Crippen LogP contribution in [0.25, 0.3) is 0 Å². The zero-order valence-corrected chi connectivity index (χ0v) is 14.3. The van der Waals surface area contributed by atoms with Gasteiger partial charge in [0.15, 0.2) is 0 Å². The fourth-order valence-corrected chi connectivity index (χ4v) is 4.52. The summed E-state index contributed by atoms with van der Waals surface area (Å²) in [5.74, 6) is 1.86. The van der Waals surface area contributed by atoms with Gasteiger partial charge in [-0.1, -0.05) is 46.0 Å². The van der Waals surface area contributed by atoms with Gasteiger partial charge in [-0.2, -0.15) is 0 Å². The molecule has 1 fully saturated rings. The summed E-state index contributed by atoms with van der Waals surface area (Å²) in [6, 6.07) is 2.94. The Morgan fingerprint density at radius 2 is 2.00 bits per heavy atom. The van der Waals surface area contributed by atoms with Crippen molar-refractivity contribution in [3.63, 3.8) is 0 Å². The van der Waals surface area contributed by atoms with E-state index in [9.17, 15) is 0 Å². The number of unbranched alkanes of at least 4 members (excludes halogenated alkanes) is 1. The first-order chi connectivity index (χ1) is 9.76. The first-order valence-corrected chi connectivity index (χ1v) is 9.41. The minimum Gasteiger partial charge on any atom is -0.310 e. The van der Waals surface area contributed by atoms with Crippen molar-refractivity contribution in [2.45, 2.75) is 71.8 Å². The molecule has 0 aliphatic heterocycles. The highest BCUT2D eigenvalue weighted by atomic mass is 32.1. The molecule has 0 spiro atoms. The lowest BCUT2D eigenvalue weighted by Gasteiger charge is -2.34. The van der Waals surface area contributed by atoms with E-state index in [1.165, 1.54) is 49.8 Å². The van der Waals surface area contributed by atoms with Crippen molar-refractivity contribution < 1.29 is 0 Å². The van der Waals surface area contributed by atoms with Crippen molar-refractivity contribution in [1.29, 1.82) is 0 Å². The van der Waals surface area contributed by atoms with E-state index in [0.29, 0.717) is 6.04 Å². The van der Waals surface area contributed by atoms with E-state index in [1.54, 1.807) is 5.56 Å². The minimum absolute atomic E-state index is 0.596. The van der Waals surface area contributed by atoms with E-state index in [-0.39, 0.29) is 0 Å². The number of rotatable bonds is 7. The van der Waals surface area contributed by atoms with Crippen LogP contribution < -0.4 is 5.32 Å². The van der Waals surface area contributed by atoms with E-state index in [0.717, 1.165) is 18.4 Å². The Labute approximate surface area is 129 Å². The van der Waals surface area contributed by atoms with Crippen LogP contribution in [-0.2, 0) is 0 Å². The average Bonchev–Trinajstić information content (AvgIpc) is 2.89. The van der Waals surface area contributed by atoms with Crippen LogP contribution in [0, 0.1) is 18.8 Å². The number of hydrogen-bond acceptors (Lipinski definition) is 2. The van der Waals surface area contributed by atoms with Gasteiger partial charge in [-0.05, 0) is 55.2 Å². The summed E-state index contributed by atoms with van der Waals surface area (Å²) in [5.41, 5.74) is 1.56. The van der Waals surface area contributed by atoms with E-state index in [4.69, 9.17) is 0 Å². The molecule has 1 aromatic rings. The van der Waals surface area contributed by atoms with Crippen molar-refractivity contribution in [1.82, 2.24) is 5.32 Å². The monoisotopic (exact) mass is 293 g/mol. The Balaban J connectivity index is 1.93. The lowest BCUT2D eigenvalue weighted by Crippen LogP contribution is -2.31. The Morgan fingerprint density at radius 3 is 2.55 bits per heavy atom. The second-order valence-corrected chi connectivity index (χ2v) is 7.51. The lowest BCUT2D eigenvalue weighted by molar-refractivity contribution is 0.214. The van der Waals surface area contributed by atoms with Crippen molar-refractivity contribution in [3.05, 3.63) is 21.9 Å². The minimum atomic E-state index is 0.596. The second kappa shape index (κ2) is 8.19. The summed E-state index contributed by atoms with van der Waals surface area (Å²) in [4.78, 5) is 1.50. The van der Waals surface area contributed by atoms with Crippen LogP contribution in [0.5, 0.6) is 0 Å². The lowest BCUT2D eigenvalue weighted by atomic mass is 9.75. The van der Waals surface area contributed by atoms with Crippen LogP contribution in [0.1, 0.15) is 75.3 Å². The van der Waals surface area contributed by atoms with Crippen LogP contribution in [0.2, 0.25) is 0 Å². The Morgan fingerprint density at radius 1 is 1.25 bits per heavy atom. The molecule has 1 heterocycles. The molecule has 1 N–H and O–H groups in total. The van der Waals surface area contributed by atoms with Crippen LogP contribution in [0.4, 0.5) is 0 Å². The number of hydrogen-bond donors (Lipinski definition) is 1. The molecular weight excluding hydrogens is 262 g/mol. The quantitative estimate of drug-likeness (QED) is 0.679. The van der Waals surface area contributed by atoms with E-state index in [2.05, 4.69) is 37.5 Å². The molecule has 2 rings (SSSR count). The van der Waals surface area contributed by atoms with Gasteiger partial charge < -0.3 is 5.32 Å². The Hall–Kier alpha value is -0.340. The highest BCUT2D eigenvalue weighted by Gasteiger charge is 2.28. The predicted octanol–water partition coefficient (Wildman–Crippen LogP) is 5.70. The Bertz CT molecular complexity index is 377. The molecule has 1 aliphatic carbocycles. The van der Waals surface area contributed by atoms with Crippen LogP contribution in [0.15, 0.2) is 11.4 Å². The first-order valence-electron chi connectivity index (χ1n) is 8.53. The molecule has 0 saturated heterocycles. The van der Waals surface area contributed by atoms with Crippen molar-refractivity contribution in [2.24, 2.45) is 11.8 Å². The predicted molar refractivity (Wildman–Crippen MR) is 90.4 cm³/mol. The maximum Gasteiger partial charge on any atom is 0.0359 e. The molecule has 0 radical (unpaired) electrons. The zero-order chi connectivity index (χ0) is 14.4. The normalized spacial score (nSPS) is 24.8.